The van der Waals surface area contributed by atoms with Crippen LogP contribution in [0.25, 0.3) is 0 Å². The van der Waals surface area contributed by atoms with E-state index in [1.807, 2.05) is 20.8 Å². The summed E-state index contributed by atoms with van der Waals surface area (Å²) in [7, 11) is 0. The lowest BCUT2D eigenvalue weighted by atomic mass is 10.1. The largest absolute Gasteiger partial charge is 0.351 e. The van der Waals surface area contributed by atoms with Crippen molar-refractivity contribution in [1.82, 2.24) is 5.32 Å². The smallest absolute Gasteiger partial charge is 0.226 e. The van der Waals surface area contributed by atoms with Crippen molar-refractivity contribution < 1.29 is 9.18 Å². The minimum atomic E-state index is -0.891. The van der Waals surface area contributed by atoms with Gasteiger partial charge in [-0.25, -0.2) is 4.39 Å². The molecule has 1 saturated carbocycles. The van der Waals surface area contributed by atoms with E-state index in [-0.39, 0.29) is 17.4 Å². The molecule has 2 nitrogen and oxygen atoms in total. The van der Waals surface area contributed by atoms with Crippen molar-refractivity contribution in [2.45, 2.75) is 38.9 Å². The van der Waals surface area contributed by atoms with Gasteiger partial charge in [0, 0.05) is 5.54 Å². The molecule has 0 heterocycles. The number of rotatable bonds is 1. The second-order valence-electron chi connectivity index (χ2n) is 4.10. The molecule has 1 N–H and O–H groups in total. The van der Waals surface area contributed by atoms with Crippen molar-refractivity contribution in [2.75, 3.05) is 0 Å². The molecule has 11 heavy (non-hydrogen) atoms. The number of alkyl halides is 1. The molecule has 0 aromatic carbocycles. The molecule has 0 aliphatic heterocycles. The Hall–Kier alpha value is -0.600. The zero-order valence-corrected chi connectivity index (χ0v) is 7.15. The SMILES string of the molecule is CC(C)(C)NC(=O)C1C[C@H]1F. The molecule has 1 unspecified atom stereocenters. The monoisotopic (exact) mass is 159 g/mol. The maximum Gasteiger partial charge on any atom is 0.226 e. The minimum Gasteiger partial charge on any atom is -0.351 e. The predicted octanol–water partition coefficient (Wildman–Crippen LogP) is 1.26. The van der Waals surface area contributed by atoms with E-state index in [1.54, 1.807) is 0 Å². The number of nitrogens with one attached hydrogen (secondary N) is 1. The number of amides is 1. The van der Waals surface area contributed by atoms with Gasteiger partial charge in [-0.3, -0.25) is 4.79 Å². The number of carbonyl (C=O) groups excluding carboxylic acids is 1. The second kappa shape index (κ2) is 2.47. The third-order valence-corrected chi connectivity index (χ3v) is 1.55. The molecule has 1 rings (SSSR count). The van der Waals surface area contributed by atoms with Crippen molar-refractivity contribution in [1.29, 1.82) is 0 Å². The van der Waals surface area contributed by atoms with Crippen molar-refractivity contribution in [3.8, 4) is 0 Å². The van der Waals surface area contributed by atoms with Crippen LogP contribution in [0.4, 0.5) is 4.39 Å². The van der Waals surface area contributed by atoms with Gasteiger partial charge in [-0.05, 0) is 27.2 Å². The summed E-state index contributed by atoms with van der Waals surface area (Å²) < 4.78 is 12.3. The Bertz CT molecular complexity index is 173. The Morgan fingerprint density at radius 2 is 2.00 bits per heavy atom. The molecular weight excluding hydrogens is 145 g/mol. The highest BCUT2D eigenvalue weighted by molar-refractivity contribution is 5.82. The van der Waals surface area contributed by atoms with Crippen LogP contribution >= 0.6 is 0 Å². The summed E-state index contributed by atoms with van der Waals surface area (Å²) in [5, 5.41) is 2.73. The second-order valence-corrected chi connectivity index (χ2v) is 4.10. The van der Waals surface area contributed by atoms with Gasteiger partial charge >= 0.3 is 0 Å². The van der Waals surface area contributed by atoms with Gasteiger partial charge < -0.3 is 5.32 Å². The Kier molecular flexibility index (Phi) is 1.90. The van der Waals surface area contributed by atoms with E-state index in [4.69, 9.17) is 0 Å². The van der Waals surface area contributed by atoms with Crippen LogP contribution in [-0.2, 0) is 4.79 Å². The fraction of sp³-hybridized carbons (Fsp3) is 0.875. The van der Waals surface area contributed by atoms with Gasteiger partial charge in [-0.2, -0.15) is 0 Å². The van der Waals surface area contributed by atoms with Crippen LogP contribution in [-0.4, -0.2) is 17.6 Å². The third kappa shape index (κ3) is 2.48. The molecule has 0 aromatic rings. The van der Waals surface area contributed by atoms with Gasteiger partial charge in [0.1, 0.15) is 6.17 Å². The van der Waals surface area contributed by atoms with E-state index in [2.05, 4.69) is 5.32 Å². The van der Waals surface area contributed by atoms with E-state index in [9.17, 15) is 9.18 Å². The van der Waals surface area contributed by atoms with Crippen LogP contribution in [0.5, 0.6) is 0 Å². The van der Waals surface area contributed by atoms with Crippen molar-refractivity contribution >= 4 is 5.91 Å². The van der Waals surface area contributed by atoms with E-state index >= 15 is 0 Å². The van der Waals surface area contributed by atoms with Gasteiger partial charge in [0.25, 0.3) is 0 Å². The highest BCUT2D eigenvalue weighted by Gasteiger charge is 2.44. The van der Waals surface area contributed by atoms with E-state index in [0.717, 1.165) is 0 Å². The average Bonchev–Trinajstić information content (AvgIpc) is 2.41. The lowest BCUT2D eigenvalue weighted by molar-refractivity contribution is -0.124. The molecule has 2 atom stereocenters. The predicted molar refractivity (Wildman–Crippen MR) is 40.9 cm³/mol. The number of hydrogen-bond donors (Lipinski definition) is 1. The zero-order valence-electron chi connectivity index (χ0n) is 7.15. The Morgan fingerprint density at radius 1 is 1.55 bits per heavy atom. The van der Waals surface area contributed by atoms with Crippen LogP contribution in [0, 0.1) is 5.92 Å². The fourth-order valence-corrected chi connectivity index (χ4v) is 0.898. The third-order valence-electron chi connectivity index (χ3n) is 1.55. The van der Waals surface area contributed by atoms with Gasteiger partial charge in [0.15, 0.2) is 0 Å². The molecule has 1 aliphatic rings. The lowest BCUT2D eigenvalue weighted by Gasteiger charge is -2.20. The molecule has 1 amide bonds. The Balaban J connectivity index is 2.33. The van der Waals surface area contributed by atoms with Gasteiger partial charge in [0.2, 0.25) is 5.91 Å². The van der Waals surface area contributed by atoms with Crippen molar-refractivity contribution in [2.24, 2.45) is 5.92 Å². The number of halogens is 1. The van der Waals surface area contributed by atoms with E-state index < -0.39 is 6.17 Å². The van der Waals surface area contributed by atoms with Crippen LogP contribution in [0.15, 0.2) is 0 Å². The van der Waals surface area contributed by atoms with E-state index in [1.165, 1.54) is 0 Å². The topological polar surface area (TPSA) is 29.1 Å². The summed E-state index contributed by atoms with van der Waals surface area (Å²) in [6.45, 7) is 5.67. The molecule has 0 aromatic heterocycles. The van der Waals surface area contributed by atoms with Crippen LogP contribution in [0.3, 0.4) is 0 Å². The zero-order chi connectivity index (χ0) is 8.65. The summed E-state index contributed by atoms with van der Waals surface area (Å²) in [5.41, 5.74) is -0.237. The van der Waals surface area contributed by atoms with Crippen LogP contribution in [0.2, 0.25) is 0 Å². The van der Waals surface area contributed by atoms with Gasteiger partial charge in [-0.1, -0.05) is 0 Å². The first kappa shape index (κ1) is 8.50. The summed E-state index contributed by atoms with van der Waals surface area (Å²) in [5.74, 6) is -0.515. The maximum absolute atomic E-state index is 12.3. The first-order valence-electron chi connectivity index (χ1n) is 3.86. The standard InChI is InChI=1S/C8H14FNO/c1-8(2,3)10-7(11)5-4-6(5)9/h5-6H,4H2,1-3H3,(H,10,11)/t5?,6-/m1/s1. The highest BCUT2D eigenvalue weighted by atomic mass is 19.1. The molecule has 3 heteroatoms. The Morgan fingerprint density at radius 3 is 2.27 bits per heavy atom. The molecule has 0 bridgehead atoms. The van der Waals surface area contributed by atoms with Crippen molar-refractivity contribution in [3.63, 3.8) is 0 Å². The molecule has 0 saturated heterocycles. The molecular formula is C8H14FNO. The lowest BCUT2D eigenvalue weighted by Crippen LogP contribution is -2.41. The normalized spacial score (nSPS) is 29.8. The average molecular weight is 159 g/mol. The van der Waals surface area contributed by atoms with Crippen LogP contribution in [0.1, 0.15) is 27.2 Å². The fourth-order valence-electron chi connectivity index (χ4n) is 0.898. The summed E-state index contributed by atoms with van der Waals surface area (Å²) >= 11 is 0. The molecule has 1 aliphatic carbocycles. The molecule has 64 valence electrons. The number of carbonyl (C=O) groups is 1. The summed E-state index contributed by atoms with van der Waals surface area (Å²) in [6, 6.07) is 0. The van der Waals surface area contributed by atoms with Crippen LogP contribution < -0.4 is 5.32 Å². The van der Waals surface area contributed by atoms with Gasteiger partial charge in [0.05, 0.1) is 5.92 Å². The summed E-state index contributed by atoms with van der Waals surface area (Å²) in [4.78, 5) is 11.1. The van der Waals surface area contributed by atoms with Crippen molar-refractivity contribution in [3.05, 3.63) is 0 Å². The Labute approximate surface area is 66.2 Å². The highest BCUT2D eigenvalue weighted by Crippen LogP contribution is 2.34. The maximum atomic E-state index is 12.3. The minimum absolute atomic E-state index is 0.148. The first-order chi connectivity index (χ1) is 4.90. The number of hydrogen-bond acceptors (Lipinski definition) is 1. The molecule has 1 fully saturated rings. The van der Waals surface area contributed by atoms with Gasteiger partial charge in [-0.15, -0.1) is 0 Å². The molecule has 0 radical (unpaired) electrons. The van der Waals surface area contributed by atoms with E-state index in [0.29, 0.717) is 6.42 Å². The molecule has 0 spiro atoms. The first-order valence-corrected chi connectivity index (χ1v) is 3.86. The summed E-state index contributed by atoms with van der Waals surface area (Å²) in [6.07, 6.45) is -0.487. The quantitative estimate of drug-likeness (QED) is 0.613.